The summed E-state index contributed by atoms with van der Waals surface area (Å²) in [6.07, 6.45) is 4.04. The van der Waals surface area contributed by atoms with Gasteiger partial charge < -0.3 is 18.9 Å². The Kier molecular flexibility index (Phi) is 11.2. The molecule has 0 unspecified atom stereocenters. The second-order valence-electron chi connectivity index (χ2n) is 20.7. The number of hydrogen-bond acceptors (Lipinski definition) is 4. The maximum atomic E-state index is 5.19. The van der Waals surface area contributed by atoms with Gasteiger partial charge in [0.2, 0.25) is 0 Å². The van der Waals surface area contributed by atoms with Crippen molar-refractivity contribution >= 4 is 99.5 Å². The van der Waals surface area contributed by atoms with Crippen LogP contribution < -0.4 is 9.80 Å². The van der Waals surface area contributed by atoms with Gasteiger partial charge in [0.05, 0.1) is 33.1 Å². The van der Waals surface area contributed by atoms with Gasteiger partial charge >= 0.3 is 0 Å². The summed E-state index contributed by atoms with van der Waals surface area (Å²) < 4.78 is 4.85. The lowest BCUT2D eigenvalue weighted by Crippen LogP contribution is -2.09. The zero-order chi connectivity index (χ0) is 53.3. The molecular weight excluding hydrogens is 973 g/mol. The van der Waals surface area contributed by atoms with E-state index in [0.717, 1.165) is 112 Å². The lowest BCUT2D eigenvalue weighted by Gasteiger charge is -2.25. The number of aromatic nitrogens is 4. The van der Waals surface area contributed by atoms with E-state index in [-0.39, 0.29) is 0 Å². The molecule has 4 aromatic heterocycles. The number of rotatable bonds is 10. The summed E-state index contributed by atoms with van der Waals surface area (Å²) in [5.74, 6) is 0. The molecular formula is C74H52N6. The first-order chi connectivity index (χ1) is 39.5. The van der Waals surface area contributed by atoms with Crippen LogP contribution in [0.25, 0.3) is 99.0 Å². The number of anilines is 6. The van der Waals surface area contributed by atoms with Crippen LogP contribution in [0.1, 0.15) is 11.1 Å². The lowest BCUT2D eigenvalue weighted by atomic mass is 9.97. The second-order valence-corrected chi connectivity index (χ2v) is 20.7. The summed E-state index contributed by atoms with van der Waals surface area (Å²) in [6, 6.07) is 95.9. The van der Waals surface area contributed by atoms with Crippen molar-refractivity contribution in [3.8, 4) is 33.6 Å². The van der Waals surface area contributed by atoms with E-state index in [1.165, 1.54) is 32.7 Å². The highest BCUT2D eigenvalue weighted by atomic mass is 15.1. The molecule has 15 rings (SSSR count). The molecule has 0 atom stereocenters. The van der Waals surface area contributed by atoms with Crippen molar-refractivity contribution in [3.63, 3.8) is 0 Å². The minimum Gasteiger partial charge on any atom is -0.310 e. The van der Waals surface area contributed by atoms with Crippen LogP contribution in [0.5, 0.6) is 0 Å². The van der Waals surface area contributed by atoms with Gasteiger partial charge in [-0.3, -0.25) is 9.97 Å². The highest BCUT2D eigenvalue weighted by Crippen LogP contribution is 2.44. The molecule has 6 heteroatoms. The molecule has 0 fully saturated rings. The van der Waals surface area contributed by atoms with Crippen molar-refractivity contribution in [2.45, 2.75) is 13.8 Å². The second kappa shape index (κ2) is 19.2. The van der Waals surface area contributed by atoms with Crippen molar-refractivity contribution in [1.82, 2.24) is 19.1 Å². The standard InChI is InChI=1S/C74H52N6/c1-49-61(31-19-35-67(49)79-69-33-17-15-29-63(69)65-45-59(39-41-71(65)79)77(55-21-7-3-8-22-55)56-23-9-4-10-24-56)53-43-51-37-38-52-44-54(48-76-74(52)73(51)75-47-53)62-32-20-36-68(50(62)2)80-70-34-18-16-30-64(70)66-46-60(40-42-72(66)80)78(57-25-11-5-12-26-57)58-27-13-6-14-28-58/h3-48H,1-2H3. The van der Waals surface area contributed by atoms with Crippen LogP contribution in [-0.2, 0) is 0 Å². The van der Waals surface area contributed by atoms with Crippen LogP contribution in [0.2, 0.25) is 0 Å². The van der Waals surface area contributed by atoms with Crippen LogP contribution in [0.3, 0.4) is 0 Å². The largest absolute Gasteiger partial charge is 0.310 e. The SMILES string of the molecule is Cc1c(-c2cnc3c(ccc4cc(-c5cccc(-n6c7ccccc7c7cc(N(c8ccccc8)c8ccccc8)ccc76)c5C)cnc43)c2)cccc1-n1c2ccccc2c2cc(N(c3ccccc3)c3ccccc3)ccc21. The highest BCUT2D eigenvalue weighted by Gasteiger charge is 2.22. The van der Waals surface area contributed by atoms with Crippen LogP contribution >= 0.6 is 0 Å². The molecule has 0 bridgehead atoms. The molecule has 0 saturated heterocycles. The summed E-state index contributed by atoms with van der Waals surface area (Å²) in [5.41, 5.74) is 22.1. The first-order valence-electron chi connectivity index (χ1n) is 27.3. The summed E-state index contributed by atoms with van der Waals surface area (Å²) in [7, 11) is 0. The average molecular weight is 1030 g/mol. The Bertz CT molecular complexity index is 4460. The molecule has 80 heavy (non-hydrogen) atoms. The molecule has 0 radical (unpaired) electrons. The van der Waals surface area contributed by atoms with Crippen molar-refractivity contribution < 1.29 is 0 Å². The third-order valence-electron chi connectivity index (χ3n) is 16.1. The summed E-state index contributed by atoms with van der Waals surface area (Å²) >= 11 is 0. The minimum atomic E-state index is 0.887. The Hall–Kier alpha value is -10.6. The van der Waals surface area contributed by atoms with Crippen LogP contribution in [0.4, 0.5) is 34.1 Å². The van der Waals surface area contributed by atoms with E-state index in [4.69, 9.17) is 9.97 Å². The fourth-order valence-corrected chi connectivity index (χ4v) is 12.4. The van der Waals surface area contributed by atoms with Gasteiger partial charge in [-0.1, -0.05) is 146 Å². The Labute approximate surface area is 464 Å². The molecule has 0 saturated carbocycles. The number of fused-ring (bicyclic) bond motifs is 9. The number of para-hydroxylation sites is 6. The molecule has 11 aromatic carbocycles. The molecule has 0 spiro atoms. The van der Waals surface area contributed by atoms with Gasteiger partial charge in [0.15, 0.2) is 0 Å². The van der Waals surface area contributed by atoms with E-state index in [1.807, 2.05) is 12.4 Å². The number of hydrogen-bond donors (Lipinski definition) is 0. The maximum Gasteiger partial charge on any atom is 0.0965 e. The highest BCUT2D eigenvalue weighted by molar-refractivity contribution is 6.12. The van der Waals surface area contributed by atoms with E-state index < -0.39 is 0 Å². The maximum absolute atomic E-state index is 5.19. The van der Waals surface area contributed by atoms with E-state index in [9.17, 15) is 0 Å². The number of pyridine rings is 2. The summed E-state index contributed by atoms with van der Waals surface area (Å²) in [5, 5.41) is 6.92. The predicted octanol–water partition coefficient (Wildman–Crippen LogP) is 19.9. The third-order valence-corrected chi connectivity index (χ3v) is 16.1. The average Bonchev–Trinajstić information content (AvgIpc) is 4.23. The van der Waals surface area contributed by atoms with E-state index in [2.05, 4.69) is 300 Å². The van der Waals surface area contributed by atoms with Gasteiger partial charge in [-0.15, -0.1) is 0 Å². The zero-order valence-corrected chi connectivity index (χ0v) is 44.2. The molecule has 15 aromatic rings. The fraction of sp³-hybridized carbons (Fsp3) is 0.0270. The topological polar surface area (TPSA) is 42.1 Å². The van der Waals surface area contributed by atoms with Crippen molar-refractivity contribution in [2.75, 3.05) is 9.80 Å². The summed E-state index contributed by atoms with van der Waals surface area (Å²) in [6.45, 7) is 4.47. The molecule has 6 nitrogen and oxygen atoms in total. The zero-order valence-electron chi connectivity index (χ0n) is 44.2. The summed E-state index contributed by atoms with van der Waals surface area (Å²) in [4.78, 5) is 15.0. The normalized spacial score (nSPS) is 11.6. The predicted molar refractivity (Wildman–Crippen MR) is 335 cm³/mol. The molecule has 0 aliphatic rings. The third kappa shape index (κ3) is 7.71. The number of nitrogens with zero attached hydrogens (tertiary/aromatic N) is 6. The Morgan fingerprint density at radius 2 is 0.637 bits per heavy atom. The van der Waals surface area contributed by atoms with Crippen LogP contribution in [0, 0.1) is 13.8 Å². The molecule has 0 aliphatic carbocycles. The van der Waals surface area contributed by atoms with Crippen molar-refractivity contribution in [1.29, 1.82) is 0 Å². The van der Waals surface area contributed by atoms with E-state index in [0.29, 0.717) is 0 Å². The Balaban J connectivity index is 0.774. The van der Waals surface area contributed by atoms with Gasteiger partial charge in [0.25, 0.3) is 0 Å². The molecule has 4 heterocycles. The van der Waals surface area contributed by atoms with Crippen molar-refractivity contribution in [2.24, 2.45) is 0 Å². The van der Waals surface area contributed by atoms with Gasteiger partial charge in [-0.2, -0.15) is 0 Å². The molecule has 0 N–H and O–H groups in total. The smallest absolute Gasteiger partial charge is 0.0965 e. The van der Waals surface area contributed by atoms with Gasteiger partial charge in [0, 0.05) is 101 Å². The Morgan fingerprint density at radius 3 is 1.02 bits per heavy atom. The van der Waals surface area contributed by atoms with E-state index >= 15 is 0 Å². The first-order valence-corrected chi connectivity index (χ1v) is 27.3. The quantitative estimate of drug-likeness (QED) is 0.128. The monoisotopic (exact) mass is 1020 g/mol. The molecule has 378 valence electrons. The molecule has 0 aliphatic heterocycles. The van der Waals surface area contributed by atoms with Crippen LogP contribution in [-0.4, -0.2) is 19.1 Å². The van der Waals surface area contributed by atoms with Gasteiger partial charge in [-0.25, -0.2) is 0 Å². The van der Waals surface area contributed by atoms with Gasteiger partial charge in [0.1, 0.15) is 0 Å². The molecule has 0 amide bonds. The number of benzene rings is 11. The van der Waals surface area contributed by atoms with Gasteiger partial charge in [-0.05, 0) is 157 Å². The minimum absolute atomic E-state index is 0.887. The van der Waals surface area contributed by atoms with Crippen LogP contribution in [0.15, 0.2) is 279 Å². The fourth-order valence-electron chi connectivity index (χ4n) is 12.4. The van der Waals surface area contributed by atoms with Crippen molar-refractivity contribution in [3.05, 3.63) is 290 Å². The van der Waals surface area contributed by atoms with E-state index in [1.54, 1.807) is 0 Å². The lowest BCUT2D eigenvalue weighted by molar-refractivity contribution is 1.15. The first kappa shape index (κ1) is 46.7. The Morgan fingerprint density at radius 1 is 0.287 bits per heavy atom.